The van der Waals surface area contributed by atoms with Crippen LogP contribution in [0.5, 0.6) is 0 Å². The molecule has 1 aromatic carbocycles. The molecule has 5 nitrogen and oxygen atoms in total. The van der Waals surface area contributed by atoms with E-state index in [1.807, 2.05) is 44.2 Å². The highest BCUT2D eigenvalue weighted by Gasteiger charge is 2.28. The number of carbonyl (C=O) groups is 1. The molecule has 1 amide bonds. The van der Waals surface area contributed by atoms with Gasteiger partial charge in [0.2, 0.25) is 5.91 Å². The van der Waals surface area contributed by atoms with E-state index in [0.717, 1.165) is 5.56 Å². The third kappa shape index (κ3) is 6.71. The normalized spacial score (nSPS) is 12.1. The topological polar surface area (TPSA) is 89.3 Å². The molecule has 23 heavy (non-hydrogen) atoms. The molecule has 0 heterocycles. The molecule has 1 rings (SSSR count). The van der Waals surface area contributed by atoms with Crippen LogP contribution in [0.25, 0.3) is 0 Å². The van der Waals surface area contributed by atoms with Crippen molar-refractivity contribution in [3.8, 4) is 0 Å². The Hall–Kier alpha value is -1.40. The molecule has 3 N–H and O–H groups in total. The standard InChI is InChI=1S/C17H28N2O3S/c1-3-17(4-2,14-18)19-16(20)13-23(21,22)12-8-11-15-9-6-5-7-10-15/h5-7,9-10H,3-4,8,11-14,18H2,1-2H3,(H,19,20). The fourth-order valence-corrected chi connectivity index (χ4v) is 3.71. The zero-order valence-electron chi connectivity index (χ0n) is 14.0. The number of benzene rings is 1. The lowest BCUT2D eigenvalue weighted by Crippen LogP contribution is -2.54. The van der Waals surface area contributed by atoms with Crippen LogP contribution >= 0.6 is 0 Å². The number of hydrogen-bond acceptors (Lipinski definition) is 4. The second-order valence-electron chi connectivity index (χ2n) is 5.92. The molecule has 0 aliphatic carbocycles. The van der Waals surface area contributed by atoms with Gasteiger partial charge in [0.25, 0.3) is 0 Å². The van der Waals surface area contributed by atoms with E-state index in [4.69, 9.17) is 5.73 Å². The summed E-state index contributed by atoms with van der Waals surface area (Å²) in [5, 5.41) is 2.80. The minimum absolute atomic E-state index is 0.0171. The molecule has 0 bridgehead atoms. The fraction of sp³-hybridized carbons (Fsp3) is 0.588. The molecule has 0 aromatic heterocycles. The monoisotopic (exact) mass is 340 g/mol. The van der Waals surface area contributed by atoms with Gasteiger partial charge in [0, 0.05) is 6.54 Å². The molecule has 0 saturated carbocycles. The van der Waals surface area contributed by atoms with Crippen molar-refractivity contribution in [3.63, 3.8) is 0 Å². The molecule has 0 atom stereocenters. The maximum Gasteiger partial charge on any atom is 0.235 e. The summed E-state index contributed by atoms with van der Waals surface area (Å²) in [6.45, 7) is 4.18. The summed E-state index contributed by atoms with van der Waals surface area (Å²) in [5.74, 6) is -0.911. The number of rotatable bonds is 10. The van der Waals surface area contributed by atoms with Crippen LogP contribution in [0.1, 0.15) is 38.7 Å². The highest BCUT2D eigenvalue weighted by Crippen LogP contribution is 2.13. The number of nitrogens with one attached hydrogen (secondary N) is 1. The number of amides is 1. The Morgan fingerprint density at radius 1 is 1.17 bits per heavy atom. The van der Waals surface area contributed by atoms with Crippen LogP contribution in [-0.4, -0.2) is 37.9 Å². The van der Waals surface area contributed by atoms with Gasteiger partial charge >= 0.3 is 0 Å². The summed E-state index contributed by atoms with van der Waals surface area (Å²) in [6, 6.07) is 9.73. The van der Waals surface area contributed by atoms with Crippen molar-refractivity contribution in [1.82, 2.24) is 5.32 Å². The Morgan fingerprint density at radius 3 is 2.30 bits per heavy atom. The second-order valence-corrected chi connectivity index (χ2v) is 8.10. The molecule has 130 valence electrons. The Kier molecular flexibility index (Phi) is 7.72. The fourth-order valence-electron chi connectivity index (χ4n) is 2.51. The van der Waals surface area contributed by atoms with Crippen molar-refractivity contribution in [1.29, 1.82) is 0 Å². The van der Waals surface area contributed by atoms with Gasteiger partial charge in [-0.05, 0) is 31.2 Å². The summed E-state index contributed by atoms with van der Waals surface area (Å²) in [7, 11) is -3.40. The Morgan fingerprint density at radius 2 is 1.78 bits per heavy atom. The molecule has 0 unspecified atom stereocenters. The van der Waals surface area contributed by atoms with E-state index in [1.54, 1.807) is 0 Å². The molecule has 0 radical (unpaired) electrons. The lowest BCUT2D eigenvalue weighted by molar-refractivity contribution is -0.120. The molecule has 6 heteroatoms. The van der Waals surface area contributed by atoms with Crippen LogP contribution in [-0.2, 0) is 21.1 Å². The van der Waals surface area contributed by atoms with Crippen LogP contribution < -0.4 is 11.1 Å². The molecule has 0 spiro atoms. The van der Waals surface area contributed by atoms with E-state index in [0.29, 0.717) is 32.2 Å². The van der Waals surface area contributed by atoms with Crippen molar-refractivity contribution in [3.05, 3.63) is 35.9 Å². The average Bonchev–Trinajstić information content (AvgIpc) is 2.53. The van der Waals surface area contributed by atoms with Crippen LogP contribution in [0.2, 0.25) is 0 Å². The number of carbonyl (C=O) groups excluding carboxylic acids is 1. The molecule has 0 fully saturated rings. The third-order valence-electron chi connectivity index (χ3n) is 4.26. The Bertz CT molecular complexity index is 573. The molecule has 0 aliphatic heterocycles. The summed E-state index contributed by atoms with van der Waals surface area (Å²) in [6.07, 6.45) is 2.57. The van der Waals surface area contributed by atoms with E-state index in [9.17, 15) is 13.2 Å². The number of sulfone groups is 1. The van der Waals surface area contributed by atoms with Gasteiger partial charge in [-0.15, -0.1) is 0 Å². The largest absolute Gasteiger partial charge is 0.349 e. The van der Waals surface area contributed by atoms with Gasteiger partial charge in [-0.2, -0.15) is 0 Å². The van der Waals surface area contributed by atoms with E-state index >= 15 is 0 Å². The predicted octanol–water partition coefficient (Wildman–Crippen LogP) is 1.67. The highest BCUT2D eigenvalue weighted by molar-refractivity contribution is 7.92. The Labute approximate surface area is 139 Å². The van der Waals surface area contributed by atoms with E-state index < -0.39 is 27.0 Å². The van der Waals surface area contributed by atoms with E-state index in [2.05, 4.69) is 5.32 Å². The van der Waals surface area contributed by atoms with Crippen molar-refractivity contribution >= 4 is 15.7 Å². The SMILES string of the molecule is CCC(CC)(CN)NC(=O)CS(=O)(=O)CCCc1ccccc1. The van der Waals surface area contributed by atoms with Crippen molar-refractivity contribution in [2.45, 2.75) is 45.1 Å². The van der Waals surface area contributed by atoms with Crippen LogP contribution in [0.3, 0.4) is 0 Å². The minimum atomic E-state index is -3.40. The maximum absolute atomic E-state index is 12.1. The summed E-state index contributed by atoms with van der Waals surface area (Å²) >= 11 is 0. The van der Waals surface area contributed by atoms with Crippen molar-refractivity contribution < 1.29 is 13.2 Å². The quantitative estimate of drug-likeness (QED) is 0.678. The van der Waals surface area contributed by atoms with E-state index in [1.165, 1.54) is 0 Å². The summed E-state index contributed by atoms with van der Waals surface area (Å²) in [4.78, 5) is 12.0. The average molecular weight is 340 g/mol. The first-order chi connectivity index (χ1) is 10.9. The lowest BCUT2D eigenvalue weighted by atomic mass is 9.93. The molecule has 1 aromatic rings. The van der Waals surface area contributed by atoms with Crippen molar-refractivity contribution in [2.75, 3.05) is 18.1 Å². The number of hydrogen-bond donors (Lipinski definition) is 2. The van der Waals surface area contributed by atoms with Gasteiger partial charge in [-0.1, -0.05) is 44.2 Å². The second kappa shape index (κ2) is 9.03. The first kappa shape index (κ1) is 19.6. The van der Waals surface area contributed by atoms with Gasteiger partial charge in [0.05, 0.1) is 11.3 Å². The van der Waals surface area contributed by atoms with Crippen LogP contribution in [0, 0.1) is 0 Å². The lowest BCUT2D eigenvalue weighted by Gasteiger charge is -2.31. The van der Waals surface area contributed by atoms with Crippen molar-refractivity contribution in [2.24, 2.45) is 5.73 Å². The maximum atomic E-state index is 12.1. The first-order valence-electron chi connectivity index (χ1n) is 8.12. The molecular weight excluding hydrogens is 312 g/mol. The zero-order chi connectivity index (χ0) is 17.3. The van der Waals surface area contributed by atoms with Gasteiger partial charge in [-0.3, -0.25) is 4.79 Å². The van der Waals surface area contributed by atoms with Gasteiger partial charge in [0.1, 0.15) is 5.75 Å². The molecular formula is C17H28N2O3S. The summed E-state index contributed by atoms with van der Waals surface area (Å²) < 4.78 is 24.2. The Balaban J connectivity index is 2.49. The molecule has 0 saturated heterocycles. The predicted molar refractivity (Wildman–Crippen MR) is 93.9 cm³/mol. The summed E-state index contributed by atoms with van der Waals surface area (Å²) in [5.41, 5.74) is 6.32. The van der Waals surface area contributed by atoms with E-state index in [-0.39, 0.29) is 5.75 Å². The van der Waals surface area contributed by atoms with Gasteiger partial charge in [0.15, 0.2) is 9.84 Å². The van der Waals surface area contributed by atoms with Crippen LogP contribution in [0.15, 0.2) is 30.3 Å². The first-order valence-corrected chi connectivity index (χ1v) is 9.94. The smallest absolute Gasteiger partial charge is 0.235 e. The van der Waals surface area contributed by atoms with Gasteiger partial charge < -0.3 is 11.1 Å². The third-order valence-corrected chi connectivity index (χ3v) is 5.88. The van der Waals surface area contributed by atoms with Gasteiger partial charge in [-0.25, -0.2) is 8.42 Å². The molecule has 0 aliphatic rings. The highest BCUT2D eigenvalue weighted by atomic mass is 32.2. The number of nitrogens with two attached hydrogens (primary N) is 1. The van der Waals surface area contributed by atoms with Crippen LogP contribution in [0.4, 0.5) is 0 Å². The zero-order valence-corrected chi connectivity index (χ0v) is 14.9. The number of aryl methyl sites for hydroxylation is 1. The minimum Gasteiger partial charge on any atom is -0.349 e.